The molecule has 3 rings (SSSR count). The first-order valence-corrected chi connectivity index (χ1v) is 9.59. The van der Waals surface area contributed by atoms with E-state index in [1.807, 2.05) is 19.1 Å². The second-order valence-corrected chi connectivity index (χ2v) is 7.15. The van der Waals surface area contributed by atoms with E-state index < -0.39 is 10.1 Å². The van der Waals surface area contributed by atoms with Gasteiger partial charge in [-0.1, -0.05) is 18.2 Å². The highest BCUT2D eigenvalue weighted by Crippen LogP contribution is 2.35. The first kappa shape index (κ1) is 18.1. The summed E-state index contributed by atoms with van der Waals surface area (Å²) in [4.78, 5) is -0.0127. The van der Waals surface area contributed by atoms with Crippen LogP contribution < -0.4 is 18.4 Å². The van der Waals surface area contributed by atoms with Gasteiger partial charge in [-0.3, -0.25) is 0 Å². The fourth-order valence-corrected chi connectivity index (χ4v) is 3.47. The van der Waals surface area contributed by atoms with E-state index in [1.165, 1.54) is 19.2 Å². The van der Waals surface area contributed by atoms with Gasteiger partial charge in [0.05, 0.1) is 20.3 Å². The van der Waals surface area contributed by atoms with Gasteiger partial charge in [-0.05, 0) is 36.8 Å². The molecular weight excluding hydrogens is 356 g/mol. The van der Waals surface area contributed by atoms with E-state index in [2.05, 4.69) is 0 Å². The summed E-state index contributed by atoms with van der Waals surface area (Å²) in [7, 11) is -2.59. The molecule has 0 aromatic heterocycles. The summed E-state index contributed by atoms with van der Waals surface area (Å²) in [6.45, 7) is 2.90. The van der Waals surface area contributed by atoms with Crippen LogP contribution in [0.25, 0.3) is 6.08 Å². The molecule has 0 N–H and O–H groups in total. The van der Waals surface area contributed by atoms with E-state index in [9.17, 15) is 8.42 Å². The maximum atomic E-state index is 12.7. The highest BCUT2D eigenvalue weighted by Gasteiger charge is 2.22. The largest absolute Gasteiger partial charge is 0.493 e. The summed E-state index contributed by atoms with van der Waals surface area (Å²) in [5, 5.41) is 0. The average Bonchev–Trinajstić information content (AvgIpc) is 2.87. The number of ether oxygens (including phenoxy) is 3. The summed E-state index contributed by atoms with van der Waals surface area (Å²) in [5.74, 6) is 1.36. The Hall–Kier alpha value is -2.67. The van der Waals surface area contributed by atoms with Crippen LogP contribution in [0.3, 0.4) is 0 Å². The molecule has 0 amide bonds. The van der Waals surface area contributed by atoms with Gasteiger partial charge >= 0.3 is 10.1 Å². The molecule has 6 nitrogen and oxygen atoms in total. The molecule has 0 unspecified atom stereocenters. The second-order valence-electron chi connectivity index (χ2n) is 5.61. The van der Waals surface area contributed by atoms with E-state index >= 15 is 0 Å². The first-order chi connectivity index (χ1) is 12.5. The number of benzene rings is 2. The predicted octanol–water partition coefficient (Wildman–Crippen LogP) is 3.66. The molecule has 2 aromatic carbocycles. The molecule has 1 heterocycles. The SMILES string of the molecule is C/C=C\c1ccc(OS(=O)(=O)c2ccc3c(c2)OCCCO3)c(OC)c1. The maximum Gasteiger partial charge on any atom is 0.339 e. The lowest BCUT2D eigenvalue weighted by atomic mass is 10.2. The number of allylic oxidation sites excluding steroid dienone is 1. The van der Waals surface area contributed by atoms with Crippen molar-refractivity contribution >= 4 is 16.2 Å². The Morgan fingerprint density at radius 1 is 1.00 bits per heavy atom. The van der Waals surface area contributed by atoms with E-state index in [1.54, 1.807) is 24.3 Å². The molecule has 0 saturated heterocycles. The highest BCUT2D eigenvalue weighted by molar-refractivity contribution is 7.87. The molecular formula is C19H20O6S. The summed E-state index contributed by atoms with van der Waals surface area (Å²) >= 11 is 0. The molecule has 1 aliphatic rings. The lowest BCUT2D eigenvalue weighted by Gasteiger charge is -2.13. The third kappa shape index (κ3) is 3.94. The number of hydrogen-bond acceptors (Lipinski definition) is 6. The Kier molecular flexibility index (Phi) is 5.37. The van der Waals surface area contributed by atoms with Gasteiger partial charge in [-0.2, -0.15) is 8.42 Å². The quantitative estimate of drug-likeness (QED) is 0.742. The van der Waals surface area contributed by atoms with Crippen molar-refractivity contribution in [3.8, 4) is 23.0 Å². The standard InChI is InChI=1S/C19H20O6S/c1-3-5-14-6-8-17(18(12-14)22-2)25-26(20,21)15-7-9-16-19(13-15)24-11-4-10-23-16/h3,5-9,12-13H,4,10-11H2,1-2H3/b5-3-. The van der Waals surface area contributed by atoms with Crippen LogP contribution in [0.15, 0.2) is 47.4 Å². The van der Waals surface area contributed by atoms with Gasteiger partial charge in [-0.15, -0.1) is 0 Å². The fraction of sp³-hybridized carbons (Fsp3) is 0.263. The van der Waals surface area contributed by atoms with Crippen molar-refractivity contribution < 1.29 is 26.8 Å². The number of methoxy groups -OCH3 is 1. The normalized spacial score (nSPS) is 14.1. The van der Waals surface area contributed by atoms with Gasteiger partial charge in [0, 0.05) is 12.5 Å². The van der Waals surface area contributed by atoms with Crippen molar-refractivity contribution in [1.29, 1.82) is 0 Å². The Morgan fingerprint density at radius 2 is 1.77 bits per heavy atom. The Morgan fingerprint density at radius 3 is 2.50 bits per heavy atom. The van der Waals surface area contributed by atoms with Gasteiger partial charge in [0.15, 0.2) is 23.0 Å². The summed E-state index contributed by atoms with van der Waals surface area (Å²) in [6, 6.07) is 9.44. The number of hydrogen-bond donors (Lipinski definition) is 0. The second kappa shape index (κ2) is 7.70. The molecule has 138 valence electrons. The van der Waals surface area contributed by atoms with E-state index in [0.717, 1.165) is 12.0 Å². The van der Waals surface area contributed by atoms with Crippen molar-refractivity contribution in [1.82, 2.24) is 0 Å². The van der Waals surface area contributed by atoms with Crippen molar-refractivity contribution in [3.63, 3.8) is 0 Å². The van der Waals surface area contributed by atoms with Crippen molar-refractivity contribution in [2.45, 2.75) is 18.2 Å². The van der Waals surface area contributed by atoms with Crippen LogP contribution in [0, 0.1) is 0 Å². The van der Waals surface area contributed by atoms with Crippen molar-refractivity contribution in [2.75, 3.05) is 20.3 Å². The molecule has 0 fully saturated rings. The van der Waals surface area contributed by atoms with Gasteiger partial charge in [0.1, 0.15) is 4.90 Å². The molecule has 7 heteroatoms. The summed E-state index contributed by atoms with van der Waals surface area (Å²) < 4.78 is 46.9. The summed E-state index contributed by atoms with van der Waals surface area (Å²) in [5.41, 5.74) is 0.879. The van der Waals surface area contributed by atoms with Crippen LogP contribution in [0.5, 0.6) is 23.0 Å². The van der Waals surface area contributed by atoms with Gasteiger partial charge in [-0.25, -0.2) is 0 Å². The molecule has 0 saturated carbocycles. The molecule has 0 radical (unpaired) electrons. The van der Waals surface area contributed by atoms with Crippen LogP contribution in [-0.2, 0) is 10.1 Å². The van der Waals surface area contributed by atoms with Crippen LogP contribution in [0.1, 0.15) is 18.9 Å². The molecule has 0 aliphatic carbocycles. The molecule has 1 aliphatic heterocycles. The molecule has 0 atom stereocenters. The topological polar surface area (TPSA) is 71.1 Å². The highest BCUT2D eigenvalue weighted by atomic mass is 32.2. The minimum absolute atomic E-state index is 0.0127. The van der Waals surface area contributed by atoms with Crippen molar-refractivity contribution in [2.24, 2.45) is 0 Å². The average molecular weight is 376 g/mol. The van der Waals surface area contributed by atoms with Crippen molar-refractivity contribution in [3.05, 3.63) is 48.0 Å². The lowest BCUT2D eigenvalue weighted by molar-refractivity contribution is 0.296. The molecule has 2 aromatic rings. The Labute approximate surface area is 153 Å². The molecule has 0 spiro atoms. The fourth-order valence-electron chi connectivity index (χ4n) is 2.51. The Balaban J connectivity index is 1.91. The third-order valence-electron chi connectivity index (χ3n) is 3.75. The van der Waals surface area contributed by atoms with Gasteiger partial charge in [0.2, 0.25) is 0 Å². The van der Waals surface area contributed by atoms with E-state index in [4.69, 9.17) is 18.4 Å². The smallest absolute Gasteiger partial charge is 0.339 e. The first-order valence-electron chi connectivity index (χ1n) is 8.18. The van der Waals surface area contributed by atoms with Crippen LogP contribution >= 0.6 is 0 Å². The number of fused-ring (bicyclic) bond motifs is 1. The summed E-state index contributed by atoms with van der Waals surface area (Å²) in [6.07, 6.45) is 4.50. The van der Waals surface area contributed by atoms with Crippen LogP contribution in [-0.4, -0.2) is 28.7 Å². The molecule has 0 bridgehead atoms. The monoisotopic (exact) mass is 376 g/mol. The minimum Gasteiger partial charge on any atom is -0.493 e. The minimum atomic E-state index is -4.05. The zero-order valence-corrected chi connectivity index (χ0v) is 15.4. The number of rotatable bonds is 5. The lowest BCUT2D eigenvalue weighted by Crippen LogP contribution is -2.11. The maximum absolute atomic E-state index is 12.7. The van der Waals surface area contributed by atoms with E-state index in [-0.39, 0.29) is 10.6 Å². The zero-order valence-electron chi connectivity index (χ0n) is 14.6. The predicted molar refractivity (Wildman–Crippen MR) is 97.6 cm³/mol. The zero-order chi connectivity index (χ0) is 18.6. The Bertz CT molecular complexity index is 918. The van der Waals surface area contributed by atoms with Crippen LogP contribution in [0.4, 0.5) is 0 Å². The van der Waals surface area contributed by atoms with E-state index in [0.29, 0.717) is 30.5 Å². The third-order valence-corrected chi connectivity index (χ3v) is 4.98. The van der Waals surface area contributed by atoms with Gasteiger partial charge < -0.3 is 18.4 Å². The van der Waals surface area contributed by atoms with Gasteiger partial charge in [0.25, 0.3) is 0 Å². The van der Waals surface area contributed by atoms with Crippen LogP contribution in [0.2, 0.25) is 0 Å². The molecule has 26 heavy (non-hydrogen) atoms.